The Bertz CT molecular complexity index is 442. The summed E-state index contributed by atoms with van der Waals surface area (Å²) in [5.74, 6) is 0. The molecule has 0 saturated carbocycles. The van der Waals surface area contributed by atoms with E-state index in [1.54, 1.807) is 6.07 Å². The highest BCUT2D eigenvalue weighted by Crippen LogP contribution is 2.20. The maximum Gasteiger partial charge on any atom is 0.135 e. The first-order valence-electron chi connectivity index (χ1n) is 3.91. The molecule has 2 rings (SSSR count). The third kappa shape index (κ3) is 1.49. The number of benzene rings is 1. The second kappa shape index (κ2) is 3.30. The van der Waals surface area contributed by atoms with Gasteiger partial charge < -0.3 is 0 Å². The second-order valence-corrected chi connectivity index (χ2v) is 3.12. The Morgan fingerprint density at radius 2 is 2.08 bits per heavy atom. The van der Waals surface area contributed by atoms with Crippen molar-refractivity contribution in [2.24, 2.45) is 0 Å². The molecule has 13 heavy (non-hydrogen) atoms. The molecule has 0 aliphatic carbocycles. The van der Waals surface area contributed by atoms with Gasteiger partial charge in [-0.15, -0.1) is 0 Å². The zero-order chi connectivity index (χ0) is 9.26. The topological polar surface area (TPSA) is 12.9 Å². The van der Waals surface area contributed by atoms with Crippen molar-refractivity contribution in [2.45, 2.75) is 6.67 Å². The minimum absolute atomic E-state index is 0.251. The number of nitrogens with zero attached hydrogens (tertiary/aromatic N) is 1. The predicted molar refractivity (Wildman–Crippen MR) is 51.6 cm³/mol. The number of alkyl halides is 1. The summed E-state index contributed by atoms with van der Waals surface area (Å²) in [7, 11) is 0. The predicted octanol–water partition coefficient (Wildman–Crippen LogP) is 3.36. The van der Waals surface area contributed by atoms with E-state index in [1.165, 1.54) is 0 Å². The molecule has 0 aliphatic heterocycles. The SMILES string of the molecule is FCc1cc2ccccc2nc1Cl. The lowest BCUT2D eigenvalue weighted by Crippen LogP contribution is -1.86. The standard InChI is InChI=1S/C10H7ClFN/c11-10-8(6-12)5-7-3-1-2-4-9(7)13-10/h1-5H,6H2. The van der Waals surface area contributed by atoms with E-state index >= 15 is 0 Å². The molecule has 0 aliphatic rings. The lowest BCUT2D eigenvalue weighted by Gasteiger charge is -2.01. The normalized spacial score (nSPS) is 10.6. The molecule has 0 fully saturated rings. The lowest BCUT2D eigenvalue weighted by molar-refractivity contribution is 0.485. The number of pyridine rings is 1. The van der Waals surface area contributed by atoms with Crippen molar-refractivity contribution in [2.75, 3.05) is 0 Å². The first kappa shape index (κ1) is 8.45. The molecule has 66 valence electrons. The molecule has 0 bridgehead atoms. The van der Waals surface area contributed by atoms with Gasteiger partial charge in [-0.2, -0.15) is 0 Å². The van der Waals surface area contributed by atoms with Gasteiger partial charge in [0.05, 0.1) is 5.52 Å². The van der Waals surface area contributed by atoms with E-state index in [4.69, 9.17) is 11.6 Å². The highest BCUT2D eigenvalue weighted by atomic mass is 35.5. The minimum Gasteiger partial charge on any atom is -0.246 e. The number of fused-ring (bicyclic) bond motifs is 1. The van der Waals surface area contributed by atoms with Crippen LogP contribution in [0.1, 0.15) is 5.56 Å². The molecule has 1 aromatic heterocycles. The van der Waals surface area contributed by atoms with E-state index in [1.807, 2.05) is 24.3 Å². The average molecular weight is 196 g/mol. The van der Waals surface area contributed by atoms with Crippen molar-refractivity contribution >= 4 is 22.5 Å². The first-order chi connectivity index (χ1) is 6.31. The highest BCUT2D eigenvalue weighted by Gasteiger charge is 2.03. The summed E-state index contributed by atoms with van der Waals surface area (Å²) in [6.45, 7) is -0.573. The summed E-state index contributed by atoms with van der Waals surface area (Å²) in [6, 6.07) is 9.23. The summed E-state index contributed by atoms with van der Waals surface area (Å²) >= 11 is 5.75. The maximum atomic E-state index is 12.4. The van der Waals surface area contributed by atoms with Crippen LogP contribution in [0.3, 0.4) is 0 Å². The van der Waals surface area contributed by atoms with Crippen LogP contribution in [0.25, 0.3) is 10.9 Å². The quantitative estimate of drug-likeness (QED) is 0.636. The number of aromatic nitrogens is 1. The van der Waals surface area contributed by atoms with Gasteiger partial charge in [-0.05, 0) is 12.1 Å². The Balaban J connectivity index is 2.74. The summed E-state index contributed by atoms with van der Waals surface area (Å²) in [4.78, 5) is 4.07. The Labute approximate surface area is 80.2 Å². The third-order valence-electron chi connectivity index (χ3n) is 1.89. The van der Waals surface area contributed by atoms with Crippen molar-refractivity contribution in [3.63, 3.8) is 0 Å². The van der Waals surface area contributed by atoms with Crippen LogP contribution in [0.15, 0.2) is 30.3 Å². The first-order valence-corrected chi connectivity index (χ1v) is 4.29. The van der Waals surface area contributed by atoms with Crippen LogP contribution in [0.5, 0.6) is 0 Å². The summed E-state index contributed by atoms with van der Waals surface area (Å²) < 4.78 is 12.4. The Hall–Kier alpha value is -1.15. The van der Waals surface area contributed by atoms with Gasteiger partial charge in [-0.1, -0.05) is 29.8 Å². The number of para-hydroxylation sites is 1. The van der Waals surface area contributed by atoms with Crippen LogP contribution in [-0.4, -0.2) is 4.98 Å². The van der Waals surface area contributed by atoms with Crippen molar-refractivity contribution in [3.8, 4) is 0 Å². The van der Waals surface area contributed by atoms with Crippen molar-refractivity contribution in [1.82, 2.24) is 4.98 Å². The molecular weight excluding hydrogens is 189 g/mol. The third-order valence-corrected chi connectivity index (χ3v) is 2.22. The molecule has 2 aromatic rings. The van der Waals surface area contributed by atoms with Crippen molar-refractivity contribution in [1.29, 1.82) is 0 Å². The van der Waals surface area contributed by atoms with Gasteiger partial charge in [0.2, 0.25) is 0 Å². The zero-order valence-electron chi connectivity index (χ0n) is 6.80. The fourth-order valence-electron chi connectivity index (χ4n) is 1.23. The molecule has 0 spiro atoms. The van der Waals surface area contributed by atoms with E-state index in [0.717, 1.165) is 10.9 Å². The molecule has 0 saturated heterocycles. The zero-order valence-corrected chi connectivity index (χ0v) is 7.55. The Morgan fingerprint density at radius 1 is 1.31 bits per heavy atom. The molecule has 1 heterocycles. The minimum atomic E-state index is -0.573. The fraction of sp³-hybridized carbons (Fsp3) is 0.100. The molecule has 0 radical (unpaired) electrons. The van der Waals surface area contributed by atoms with Crippen molar-refractivity contribution in [3.05, 3.63) is 41.0 Å². The Kier molecular flexibility index (Phi) is 2.15. The van der Waals surface area contributed by atoms with Gasteiger partial charge in [0, 0.05) is 10.9 Å². The van der Waals surface area contributed by atoms with Crippen LogP contribution >= 0.6 is 11.6 Å². The van der Waals surface area contributed by atoms with E-state index in [0.29, 0.717) is 5.56 Å². The van der Waals surface area contributed by atoms with Crippen LogP contribution < -0.4 is 0 Å². The number of halogens is 2. The number of hydrogen-bond donors (Lipinski definition) is 0. The van der Waals surface area contributed by atoms with E-state index in [2.05, 4.69) is 4.98 Å². The molecule has 0 amide bonds. The average Bonchev–Trinajstić information content (AvgIpc) is 2.17. The van der Waals surface area contributed by atoms with Gasteiger partial charge >= 0.3 is 0 Å². The smallest absolute Gasteiger partial charge is 0.135 e. The monoisotopic (exact) mass is 195 g/mol. The van der Waals surface area contributed by atoms with Gasteiger partial charge in [0.15, 0.2) is 0 Å². The van der Waals surface area contributed by atoms with Crippen molar-refractivity contribution < 1.29 is 4.39 Å². The Morgan fingerprint density at radius 3 is 2.85 bits per heavy atom. The molecule has 3 heteroatoms. The molecule has 0 N–H and O–H groups in total. The van der Waals surface area contributed by atoms with Gasteiger partial charge in [0.1, 0.15) is 11.8 Å². The largest absolute Gasteiger partial charge is 0.246 e. The molecule has 1 aromatic carbocycles. The fourth-order valence-corrected chi connectivity index (χ4v) is 1.43. The van der Waals surface area contributed by atoms with Crippen LogP contribution in [0, 0.1) is 0 Å². The molecular formula is C10H7ClFN. The van der Waals surface area contributed by atoms with Crippen LogP contribution in [-0.2, 0) is 6.67 Å². The maximum absolute atomic E-state index is 12.4. The van der Waals surface area contributed by atoms with Gasteiger partial charge in [0.25, 0.3) is 0 Å². The summed E-state index contributed by atoms with van der Waals surface area (Å²) in [6.07, 6.45) is 0. The lowest BCUT2D eigenvalue weighted by atomic mass is 10.2. The molecule has 0 atom stereocenters. The highest BCUT2D eigenvalue weighted by molar-refractivity contribution is 6.30. The summed E-state index contributed by atoms with van der Waals surface area (Å²) in [5, 5.41) is 1.17. The number of hydrogen-bond acceptors (Lipinski definition) is 1. The van der Waals surface area contributed by atoms with Gasteiger partial charge in [-0.3, -0.25) is 0 Å². The van der Waals surface area contributed by atoms with E-state index in [-0.39, 0.29) is 5.15 Å². The summed E-state index contributed by atoms with van der Waals surface area (Å²) in [5.41, 5.74) is 1.24. The molecule has 0 unspecified atom stereocenters. The van der Waals surface area contributed by atoms with Crippen LogP contribution in [0.4, 0.5) is 4.39 Å². The van der Waals surface area contributed by atoms with Crippen LogP contribution in [0.2, 0.25) is 5.15 Å². The molecule has 1 nitrogen and oxygen atoms in total. The van der Waals surface area contributed by atoms with E-state index in [9.17, 15) is 4.39 Å². The van der Waals surface area contributed by atoms with Gasteiger partial charge in [-0.25, -0.2) is 9.37 Å². The number of rotatable bonds is 1. The second-order valence-electron chi connectivity index (χ2n) is 2.76. The van der Waals surface area contributed by atoms with E-state index < -0.39 is 6.67 Å².